The van der Waals surface area contributed by atoms with E-state index in [9.17, 15) is 18.0 Å². The average molecular weight is 398 g/mol. The molecule has 28 heavy (non-hydrogen) atoms. The van der Waals surface area contributed by atoms with Gasteiger partial charge in [0, 0.05) is 38.4 Å². The van der Waals surface area contributed by atoms with Crippen molar-refractivity contribution in [1.82, 2.24) is 15.2 Å². The third-order valence-electron chi connectivity index (χ3n) is 5.61. The number of carbonyl (C=O) groups is 1. The van der Waals surface area contributed by atoms with E-state index in [1.165, 1.54) is 38.2 Å². The molecule has 0 aromatic carbocycles. The lowest BCUT2D eigenvalue weighted by molar-refractivity contribution is -0.137. The van der Waals surface area contributed by atoms with Crippen molar-refractivity contribution < 1.29 is 18.0 Å². The van der Waals surface area contributed by atoms with Crippen molar-refractivity contribution in [3.05, 3.63) is 23.9 Å². The van der Waals surface area contributed by atoms with E-state index < -0.39 is 11.7 Å². The predicted molar refractivity (Wildman–Crippen MR) is 102 cm³/mol. The molecule has 1 aliphatic carbocycles. The van der Waals surface area contributed by atoms with Crippen LogP contribution in [-0.4, -0.2) is 54.6 Å². The van der Waals surface area contributed by atoms with Gasteiger partial charge in [0.05, 0.1) is 12.1 Å². The third-order valence-corrected chi connectivity index (χ3v) is 5.61. The van der Waals surface area contributed by atoms with Crippen LogP contribution in [0.2, 0.25) is 0 Å². The van der Waals surface area contributed by atoms with Gasteiger partial charge in [-0.2, -0.15) is 13.2 Å². The number of nitrogens with one attached hydrogen (secondary N) is 1. The van der Waals surface area contributed by atoms with Crippen LogP contribution in [0.3, 0.4) is 0 Å². The van der Waals surface area contributed by atoms with Gasteiger partial charge in [0.15, 0.2) is 0 Å². The lowest BCUT2D eigenvalue weighted by Crippen LogP contribution is -2.50. The summed E-state index contributed by atoms with van der Waals surface area (Å²) in [4.78, 5) is 20.4. The SMILES string of the molecule is O=C(CN1CCN(c2ccc(C(F)(F)F)cn2)CC1)NC1CCCCCCC1. The van der Waals surface area contributed by atoms with E-state index in [1.807, 2.05) is 4.90 Å². The molecule has 0 spiro atoms. The Morgan fingerprint density at radius 1 is 1.04 bits per heavy atom. The lowest BCUT2D eigenvalue weighted by atomic mass is 9.97. The van der Waals surface area contributed by atoms with Gasteiger partial charge in [-0.25, -0.2) is 4.98 Å². The van der Waals surface area contributed by atoms with Crippen molar-refractivity contribution in [2.45, 2.75) is 57.2 Å². The molecule has 0 radical (unpaired) electrons. The van der Waals surface area contributed by atoms with Crippen LogP contribution >= 0.6 is 0 Å². The highest BCUT2D eigenvalue weighted by molar-refractivity contribution is 5.78. The summed E-state index contributed by atoms with van der Waals surface area (Å²) in [6.07, 6.45) is 4.83. The number of halogens is 3. The number of anilines is 1. The monoisotopic (exact) mass is 398 g/mol. The zero-order valence-electron chi connectivity index (χ0n) is 16.2. The summed E-state index contributed by atoms with van der Waals surface area (Å²) in [5.41, 5.74) is -0.735. The maximum absolute atomic E-state index is 12.6. The highest BCUT2D eigenvalue weighted by atomic mass is 19.4. The fourth-order valence-electron chi connectivity index (χ4n) is 3.95. The molecule has 1 saturated heterocycles. The first-order valence-corrected chi connectivity index (χ1v) is 10.2. The van der Waals surface area contributed by atoms with Crippen molar-refractivity contribution in [2.24, 2.45) is 0 Å². The standard InChI is InChI=1S/C20H29F3N4O/c21-20(22,23)16-8-9-18(24-14-16)27-12-10-26(11-13-27)15-19(28)25-17-6-4-2-1-3-5-7-17/h8-9,14,17H,1-7,10-13,15H2,(H,25,28). The van der Waals surface area contributed by atoms with Crippen molar-refractivity contribution in [1.29, 1.82) is 0 Å². The van der Waals surface area contributed by atoms with Crippen LogP contribution < -0.4 is 10.2 Å². The van der Waals surface area contributed by atoms with E-state index in [0.29, 0.717) is 44.6 Å². The van der Waals surface area contributed by atoms with E-state index in [2.05, 4.69) is 15.2 Å². The van der Waals surface area contributed by atoms with Gasteiger partial charge in [0.25, 0.3) is 0 Å². The largest absolute Gasteiger partial charge is 0.417 e. The first kappa shape index (κ1) is 20.9. The number of carbonyl (C=O) groups excluding carboxylic acids is 1. The van der Waals surface area contributed by atoms with E-state index in [0.717, 1.165) is 25.1 Å². The first-order valence-electron chi connectivity index (χ1n) is 10.2. The highest BCUT2D eigenvalue weighted by Crippen LogP contribution is 2.29. The molecule has 0 atom stereocenters. The molecule has 8 heteroatoms. The maximum atomic E-state index is 12.6. The first-order chi connectivity index (χ1) is 13.4. The molecule has 1 aliphatic heterocycles. The van der Waals surface area contributed by atoms with Crippen molar-refractivity contribution in [2.75, 3.05) is 37.6 Å². The van der Waals surface area contributed by atoms with Gasteiger partial charge in [-0.05, 0) is 25.0 Å². The van der Waals surface area contributed by atoms with Gasteiger partial charge in [0.2, 0.25) is 5.91 Å². The Morgan fingerprint density at radius 2 is 1.68 bits per heavy atom. The summed E-state index contributed by atoms with van der Waals surface area (Å²) in [5, 5.41) is 3.18. The molecule has 5 nitrogen and oxygen atoms in total. The topological polar surface area (TPSA) is 48.5 Å². The third kappa shape index (κ3) is 6.09. The van der Waals surface area contributed by atoms with Gasteiger partial charge < -0.3 is 10.2 Å². The van der Waals surface area contributed by atoms with Crippen LogP contribution in [0.5, 0.6) is 0 Å². The normalized spacial score (nSPS) is 20.5. The molecule has 2 heterocycles. The van der Waals surface area contributed by atoms with Crippen LogP contribution in [0.4, 0.5) is 19.0 Å². The molecule has 1 aromatic rings. The molecule has 1 aromatic heterocycles. The van der Waals surface area contributed by atoms with Crippen molar-refractivity contribution in [3.63, 3.8) is 0 Å². The van der Waals surface area contributed by atoms with Gasteiger partial charge >= 0.3 is 6.18 Å². The number of aromatic nitrogens is 1. The number of hydrogen-bond acceptors (Lipinski definition) is 4. The number of nitrogens with zero attached hydrogens (tertiary/aromatic N) is 3. The van der Waals surface area contributed by atoms with E-state index in [4.69, 9.17) is 0 Å². The Hall–Kier alpha value is -1.83. The molecule has 3 rings (SSSR count). The van der Waals surface area contributed by atoms with Crippen molar-refractivity contribution in [3.8, 4) is 0 Å². The minimum Gasteiger partial charge on any atom is -0.354 e. The number of piperazine rings is 1. The summed E-state index contributed by atoms with van der Waals surface area (Å²) in [6, 6.07) is 2.78. The molecule has 0 bridgehead atoms. The molecule has 1 N–H and O–H groups in total. The molecule has 1 saturated carbocycles. The smallest absolute Gasteiger partial charge is 0.354 e. The minimum absolute atomic E-state index is 0.0756. The zero-order chi connectivity index (χ0) is 20.0. The fourth-order valence-corrected chi connectivity index (χ4v) is 3.95. The zero-order valence-corrected chi connectivity index (χ0v) is 16.2. The average Bonchev–Trinajstić information content (AvgIpc) is 2.64. The second-order valence-corrected chi connectivity index (χ2v) is 7.78. The Bertz CT molecular complexity index is 619. The summed E-state index contributed by atoms with van der Waals surface area (Å²) < 4.78 is 37.9. The second-order valence-electron chi connectivity index (χ2n) is 7.78. The minimum atomic E-state index is -4.37. The molecular formula is C20H29F3N4O. The Balaban J connectivity index is 1.42. The molecule has 2 aliphatic rings. The Labute approximate surface area is 164 Å². The molecule has 156 valence electrons. The molecule has 0 unspecified atom stereocenters. The molecular weight excluding hydrogens is 369 g/mol. The number of rotatable bonds is 4. The summed E-state index contributed by atoms with van der Waals surface area (Å²) in [7, 11) is 0. The van der Waals surface area contributed by atoms with Crippen LogP contribution in [0, 0.1) is 0 Å². The fraction of sp³-hybridized carbons (Fsp3) is 0.700. The van der Waals surface area contributed by atoms with Crippen LogP contribution in [0.15, 0.2) is 18.3 Å². The second kappa shape index (κ2) is 9.58. The summed E-state index contributed by atoms with van der Waals surface area (Å²) >= 11 is 0. The van der Waals surface area contributed by atoms with Gasteiger partial charge in [-0.3, -0.25) is 9.69 Å². The molecule has 2 fully saturated rings. The number of amides is 1. The van der Waals surface area contributed by atoms with Crippen molar-refractivity contribution >= 4 is 11.7 Å². The van der Waals surface area contributed by atoms with E-state index >= 15 is 0 Å². The summed E-state index contributed by atoms with van der Waals surface area (Å²) in [6.45, 7) is 3.07. The van der Waals surface area contributed by atoms with E-state index in [-0.39, 0.29) is 5.91 Å². The number of hydrogen-bond donors (Lipinski definition) is 1. The quantitative estimate of drug-likeness (QED) is 0.844. The van der Waals surface area contributed by atoms with Crippen LogP contribution in [0.1, 0.15) is 50.5 Å². The van der Waals surface area contributed by atoms with Crippen LogP contribution in [0.25, 0.3) is 0 Å². The van der Waals surface area contributed by atoms with Gasteiger partial charge in [-0.15, -0.1) is 0 Å². The Morgan fingerprint density at radius 3 is 2.25 bits per heavy atom. The van der Waals surface area contributed by atoms with Crippen LogP contribution in [-0.2, 0) is 11.0 Å². The van der Waals surface area contributed by atoms with Gasteiger partial charge in [-0.1, -0.05) is 32.1 Å². The lowest BCUT2D eigenvalue weighted by Gasteiger charge is -2.35. The van der Waals surface area contributed by atoms with E-state index in [1.54, 1.807) is 0 Å². The maximum Gasteiger partial charge on any atom is 0.417 e. The van der Waals surface area contributed by atoms with Gasteiger partial charge in [0.1, 0.15) is 5.82 Å². The Kier molecular flexibility index (Phi) is 7.15. The number of alkyl halides is 3. The number of pyridine rings is 1. The summed E-state index contributed by atoms with van der Waals surface area (Å²) in [5.74, 6) is 0.623. The predicted octanol–water partition coefficient (Wildman–Crippen LogP) is 3.45. The molecule has 1 amide bonds. The highest BCUT2D eigenvalue weighted by Gasteiger charge is 2.31.